The average molecular weight is 285 g/mol. The molecule has 2 unspecified atom stereocenters. The number of aliphatic hydroxyl groups is 1. The highest BCUT2D eigenvalue weighted by molar-refractivity contribution is 5.86. The quantitative estimate of drug-likeness (QED) is 0.724. The van der Waals surface area contributed by atoms with Gasteiger partial charge < -0.3 is 20.5 Å². The Morgan fingerprint density at radius 3 is 2.65 bits per heavy atom. The highest BCUT2D eigenvalue weighted by Crippen LogP contribution is 2.22. The van der Waals surface area contributed by atoms with Crippen molar-refractivity contribution in [2.75, 3.05) is 39.4 Å². The van der Waals surface area contributed by atoms with E-state index in [9.17, 15) is 9.90 Å². The van der Waals surface area contributed by atoms with Crippen molar-refractivity contribution >= 4 is 5.91 Å². The first-order chi connectivity index (χ1) is 9.42. The fraction of sp³-hybridized carbons (Fsp3) is 0.929. The zero-order chi connectivity index (χ0) is 14.8. The molecule has 2 aliphatic rings. The van der Waals surface area contributed by atoms with E-state index in [0.29, 0.717) is 45.7 Å². The van der Waals surface area contributed by atoms with Crippen molar-refractivity contribution in [3.63, 3.8) is 0 Å². The third-order valence-corrected chi connectivity index (χ3v) is 4.36. The van der Waals surface area contributed by atoms with Gasteiger partial charge in [0.2, 0.25) is 5.91 Å². The number of β-amino-alcohol motifs (C(OH)–C–C–N with tert-alkyl or cyclic N) is 1. The van der Waals surface area contributed by atoms with Gasteiger partial charge in [0.25, 0.3) is 0 Å². The number of carbonyl (C=O) groups excluding carboxylic acids is 1. The molecule has 2 saturated heterocycles. The van der Waals surface area contributed by atoms with Crippen LogP contribution in [0.4, 0.5) is 0 Å². The maximum absolute atomic E-state index is 12.6. The summed E-state index contributed by atoms with van der Waals surface area (Å²) in [5.74, 6) is 0.0596. The van der Waals surface area contributed by atoms with E-state index in [1.54, 1.807) is 6.92 Å². The number of amides is 1. The van der Waals surface area contributed by atoms with Gasteiger partial charge in [0.1, 0.15) is 0 Å². The maximum Gasteiger partial charge on any atom is 0.242 e. The fourth-order valence-electron chi connectivity index (χ4n) is 3.05. The number of rotatable bonds is 3. The lowest BCUT2D eigenvalue weighted by molar-refractivity contribution is -0.143. The summed E-state index contributed by atoms with van der Waals surface area (Å²) in [6.07, 6.45) is 0.874. The van der Waals surface area contributed by atoms with Crippen molar-refractivity contribution in [3.8, 4) is 0 Å². The van der Waals surface area contributed by atoms with Gasteiger partial charge in [0.15, 0.2) is 0 Å². The van der Waals surface area contributed by atoms with E-state index in [4.69, 9.17) is 10.5 Å². The van der Waals surface area contributed by atoms with E-state index in [1.807, 2.05) is 4.90 Å². The normalized spacial score (nSPS) is 29.2. The first-order valence-electron chi connectivity index (χ1n) is 7.50. The predicted molar refractivity (Wildman–Crippen MR) is 76.3 cm³/mol. The summed E-state index contributed by atoms with van der Waals surface area (Å²) in [6.45, 7) is 7.85. The number of piperazine rings is 1. The van der Waals surface area contributed by atoms with Gasteiger partial charge in [-0.3, -0.25) is 9.69 Å². The van der Waals surface area contributed by atoms with Gasteiger partial charge in [-0.05, 0) is 26.7 Å². The van der Waals surface area contributed by atoms with Gasteiger partial charge in [-0.2, -0.15) is 0 Å². The third kappa shape index (κ3) is 3.49. The first-order valence-corrected chi connectivity index (χ1v) is 7.50. The minimum Gasteiger partial charge on any atom is -0.392 e. The summed E-state index contributed by atoms with van der Waals surface area (Å²) >= 11 is 0. The van der Waals surface area contributed by atoms with Crippen LogP contribution < -0.4 is 5.73 Å². The molecule has 2 atom stereocenters. The number of ether oxygens (including phenoxy) is 1. The summed E-state index contributed by atoms with van der Waals surface area (Å²) in [6, 6.07) is 0.255. The molecule has 2 aliphatic heterocycles. The molecule has 116 valence electrons. The zero-order valence-electron chi connectivity index (χ0n) is 12.5. The van der Waals surface area contributed by atoms with Crippen LogP contribution in [0.5, 0.6) is 0 Å². The standard InChI is InChI=1S/C14H27N3O3/c1-11-9-17(6-5-16(11)10-12(2)18)13(19)14(15)3-7-20-8-4-14/h11-12,18H,3-10,15H2,1-2H3. The predicted octanol–water partition coefficient (Wildman–Crippen LogP) is -0.592. The summed E-state index contributed by atoms with van der Waals surface area (Å²) in [5, 5.41) is 9.49. The maximum atomic E-state index is 12.6. The van der Waals surface area contributed by atoms with Gasteiger partial charge in [0, 0.05) is 45.4 Å². The van der Waals surface area contributed by atoms with Crippen molar-refractivity contribution in [2.24, 2.45) is 5.73 Å². The smallest absolute Gasteiger partial charge is 0.242 e. The Kier molecular flexibility index (Phi) is 5.01. The van der Waals surface area contributed by atoms with E-state index in [1.165, 1.54) is 0 Å². The Labute approximate surface area is 120 Å². The van der Waals surface area contributed by atoms with Crippen molar-refractivity contribution in [1.82, 2.24) is 9.80 Å². The highest BCUT2D eigenvalue weighted by Gasteiger charge is 2.40. The second kappa shape index (κ2) is 6.39. The molecule has 0 aliphatic carbocycles. The molecule has 0 spiro atoms. The molecule has 0 aromatic heterocycles. The molecular formula is C14H27N3O3. The molecule has 0 aromatic carbocycles. The molecule has 2 fully saturated rings. The van der Waals surface area contributed by atoms with E-state index in [-0.39, 0.29) is 18.1 Å². The minimum absolute atomic E-state index is 0.0596. The molecule has 2 rings (SSSR count). The molecule has 1 amide bonds. The summed E-state index contributed by atoms with van der Waals surface area (Å²) in [4.78, 5) is 16.7. The zero-order valence-corrected chi connectivity index (χ0v) is 12.5. The molecule has 20 heavy (non-hydrogen) atoms. The van der Waals surface area contributed by atoms with Crippen LogP contribution in [0.25, 0.3) is 0 Å². The van der Waals surface area contributed by atoms with Crippen molar-refractivity contribution in [2.45, 2.75) is 44.4 Å². The van der Waals surface area contributed by atoms with Crippen LogP contribution in [0.1, 0.15) is 26.7 Å². The molecule has 0 saturated carbocycles. The summed E-state index contributed by atoms with van der Waals surface area (Å²) in [7, 11) is 0. The topological polar surface area (TPSA) is 79.0 Å². The van der Waals surface area contributed by atoms with Crippen LogP contribution >= 0.6 is 0 Å². The second-order valence-corrected chi connectivity index (χ2v) is 6.21. The highest BCUT2D eigenvalue weighted by atomic mass is 16.5. The molecular weight excluding hydrogens is 258 g/mol. The van der Waals surface area contributed by atoms with E-state index >= 15 is 0 Å². The van der Waals surface area contributed by atoms with Crippen LogP contribution in [0, 0.1) is 0 Å². The largest absolute Gasteiger partial charge is 0.392 e. The molecule has 0 bridgehead atoms. The van der Waals surface area contributed by atoms with Crippen LogP contribution in [0.15, 0.2) is 0 Å². The second-order valence-electron chi connectivity index (χ2n) is 6.21. The number of nitrogens with two attached hydrogens (primary N) is 1. The summed E-state index contributed by atoms with van der Waals surface area (Å²) in [5.41, 5.74) is 5.52. The lowest BCUT2D eigenvalue weighted by Crippen LogP contribution is -2.63. The Hall–Kier alpha value is -0.690. The molecule has 2 heterocycles. The third-order valence-electron chi connectivity index (χ3n) is 4.36. The summed E-state index contributed by atoms with van der Waals surface area (Å²) < 4.78 is 5.30. The molecule has 0 aromatic rings. The van der Waals surface area contributed by atoms with Crippen molar-refractivity contribution in [1.29, 1.82) is 0 Å². The molecule has 6 heteroatoms. The monoisotopic (exact) mass is 285 g/mol. The lowest BCUT2D eigenvalue weighted by atomic mass is 9.89. The van der Waals surface area contributed by atoms with E-state index < -0.39 is 5.54 Å². The minimum atomic E-state index is -0.746. The lowest BCUT2D eigenvalue weighted by Gasteiger charge is -2.44. The number of hydrogen-bond acceptors (Lipinski definition) is 5. The number of aliphatic hydroxyl groups excluding tert-OH is 1. The molecule has 0 radical (unpaired) electrons. The SMILES string of the molecule is CC(O)CN1CCN(C(=O)C2(N)CCOCC2)CC1C. The molecule has 3 N–H and O–H groups in total. The fourth-order valence-corrected chi connectivity index (χ4v) is 3.05. The Balaban J connectivity index is 1.93. The van der Waals surface area contributed by atoms with Crippen LogP contribution in [0.2, 0.25) is 0 Å². The average Bonchev–Trinajstić information content (AvgIpc) is 2.40. The van der Waals surface area contributed by atoms with Crippen LogP contribution in [0.3, 0.4) is 0 Å². The van der Waals surface area contributed by atoms with Crippen LogP contribution in [-0.2, 0) is 9.53 Å². The van der Waals surface area contributed by atoms with Gasteiger partial charge in [-0.15, -0.1) is 0 Å². The first kappa shape index (κ1) is 15.7. The Bertz CT molecular complexity index is 343. The van der Waals surface area contributed by atoms with Gasteiger partial charge in [0.05, 0.1) is 11.6 Å². The Morgan fingerprint density at radius 1 is 1.45 bits per heavy atom. The van der Waals surface area contributed by atoms with Crippen LogP contribution in [-0.4, -0.2) is 77.9 Å². The molecule has 6 nitrogen and oxygen atoms in total. The number of nitrogens with zero attached hydrogens (tertiary/aromatic N) is 2. The van der Waals surface area contributed by atoms with Crippen molar-refractivity contribution in [3.05, 3.63) is 0 Å². The van der Waals surface area contributed by atoms with E-state index in [0.717, 1.165) is 6.54 Å². The van der Waals surface area contributed by atoms with Gasteiger partial charge >= 0.3 is 0 Å². The van der Waals surface area contributed by atoms with E-state index in [2.05, 4.69) is 11.8 Å². The van der Waals surface area contributed by atoms with Gasteiger partial charge in [-0.25, -0.2) is 0 Å². The number of hydrogen-bond donors (Lipinski definition) is 2. The Morgan fingerprint density at radius 2 is 2.10 bits per heavy atom. The number of carbonyl (C=O) groups is 1. The van der Waals surface area contributed by atoms with Gasteiger partial charge in [-0.1, -0.05) is 0 Å². The van der Waals surface area contributed by atoms with Crippen molar-refractivity contribution < 1.29 is 14.6 Å².